The van der Waals surface area contributed by atoms with Crippen LogP contribution in [0.4, 0.5) is 0 Å². The number of rotatable bonds is 8. The van der Waals surface area contributed by atoms with Crippen molar-refractivity contribution >= 4 is 5.91 Å². The number of ether oxygens (including phenoxy) is 1. The van der Waals surface area contributed by atoms with Gasteiger partial charge in [0, 0.05) is 19.6 Å². The van der Waals surface area contributed by atoms with Crippen LogP contribution in [0.15, 0.2) is 12.7 Å². The fraction of sp³-hybridized carbons (Fsp3) is 0.769. The van der Waals surface area contributed by atoms with Gasteiger partial charge in [-0.3, -0.25) is 4.79 Å². The van der Waals surface area contributed by atoms with E-state index in [0.717, 1.165) is 45.4 Å². The van der Waals surface area contributed by atoms with Crippen LogP contribution in [0.1, 0.15) is 32.1 Å². The number of hydrogen-bond acceptors (Lipinski definition) is 3. The van der Waals surface area contributed by atoms with Crippen LogP contribution in [0.5, 0.6) is 0 Å². The van der Waals surface area contributed by atoms with Gasteiger partial charge in [-0.15, -0.1) is 6.58 Å². The molecule has 0 radical (unpaired) electrons. The second kappa shape index (κ2) is 9.19. The zero-order valence-electron chi connectivity index (χ0n) is 10.5. The van der Waals surface area contributed by atoms with Gasteiger partial charge in [-0.25, -0.2) is 0 Å². The Morgan fingerprint density at radius 2 is 2.24 bits per heavy atom. The van der Waals surface area contributed by atoms with Gasteiger partial charge in [0.1, 0.15) is 0 Å². The van der Waals surface area contributed by atoms with Gasteiger partial charge in [-0.2, -0.15) is 0 Å². The minimum absolute atomic E-state index is 0.103. The molecule has 17 heavy (non-hydrogen) atoms. The van der Waals surface area contributed by atoms with Crippen LogP contribution < -0.4 is 10.6 Å². The lowest BCUT2D eigenvalue weighted by molar-refractivity contribution is -0.121. The molecule has 0 saturated carbocycles. The largest absolute Gasteiger partial charge is 0.378 e. The lowest BCUT2D eigenvalue weighted by Crippen LogP contribution is -2.33. The summed E-state index contributed by atoms with van der Waals surface area (Å²) in [5, 5.41) is 6.18. The summed E-state index contributed by atoms with van der Waals surface area (Å²) in [5.74, 6) is 0.103. The molecule has 1 amide bonds. The minimum Gasteiger partial charge on any atom is -0.378 e. The number of piperidine rings is 1. The van der Waals surface area contributed by atoms with Crippen LogP contribution in [-0.2, 0) is 9.53 Å². The molecule has 1 rings (SSSR count). The molecular weight excluding hydrogens is 216 g/mol. The van der Waals surface area contributed by atoms with Gasteiger partial charge in [0.25, 0.3) is 0 Å². The molecule has 0 aromatic rings. The molecule has 1 fully saturated rings. The quantitative estimate of drug-likeness (QED) is 0.495. The molecule has 0 atom stereocenters. The van der Waals surface area contributed by atoms with Crippen LogP contribution in [0.2, 0.25) is 0 Å². The number of nitrogens with one attached hydrogen (secondary N) is 2. The Labute approximate surface area is 104 Å². The number of allylic oxidation sites excluding steroid dienone is 1. The summed E-state index contributed by atoms with van der Waals surface area (Å²) >= 11 is 0. The first-order valence-electron chi connectivity index (χ1n) is 6.53. The van der Waals surface area contributed by atoms with Gasteiger partial charge in [0.05, 0.1) is 6.10 Å². The van der Waals surface area contributed by atoms with Crippen molar-refractivity contribution in [1.29, 1.82) is 0 Å². The number of amides is 1. The third-order valence-corrected chi connectivity index (χ3v) is 2.86. The number of hydrogen-bond donors (Lipinski definition) is 2. The normalized spacial score (nSPS) is 16.7. The fourth-order valence-electron chi connectivity index (χ4n) is 1.83. The highest BCUT2D eigenvalue weighted by Crippen LogP contribution is 2.06. The molecule has 1 saturated heterocycles. The second-order valence-electron chi connectivity index (χ2n) is 4.35. The van der Waals surface area contributed by atoms with Gasteiger partial charge >= 0.3 is 0 Å². The fourth-order valence-corrected chi connectivity index (χ4v) is 1.83. The Morgan fingerprint density at radius 3 is 2.94 bits per heavy atom. The molecule has 1 aliphatic rings. The van der Waals surface area contributed by atoms with Crippen LogP contribution >= 0.6 is 0 Å². The lowest BCUT2D eigenvalue weighted by Gasteiger charge is -2.22. The van der Waals surface area contributed by atoms with Crippen LogP contribution in [-0.4, -0.2) is 38.3 Å². The van der Waals surface area contributed by atoms with Crippen molar-refractivity contribution in [3.8, 4) is 0 Å². The monoisotopic (exact) mass is 240 g/mol. The van der Waals surface area contributed by atoms with E-state index < -0.39 is 0 Å². The molecule has 4 nitrogen and oxygen atoms in total. The molecule has 98 valence electrons. The summed E-state index contributed by atoms with van der Waals surface area (Å²) in [5.41, 5.74) is 0. The average molecular weight is 240 g/mol. The molecule has 1 aliphatic heterocycles. The Bertz CT molecular complexity index is 225. The topological polar surface area (TPSA) is 50.4 Å². The van der Waals surface area contributed by atoms with Crippen molar-refractivity contribution in [3.05, 3.63) is 12.7 Å². The molecule has 1 heterocycles. The summed E-state index contributed by atoms with van der Waals surface area (Å²) in [4.78, 5) is 11.3. The van der Waals surface area contributed by atoms with Gasteiger partial charge in [-0.05, 0) is 38.8 Å². The van der Waals surface area contributed by atoms with E-state index in [1.54, 1.807) is 6.08 Å². The summed E-state index contributed by atoms with van der Waals surface area (Å²) in [6.07, 6.45) is 6.56. The van der Waals surface area contributed by atoms with Crippen molar-refractivity contribution < 1.29 is 9.53 Å². The SMILES string of the molecule is C=CCCC(=O)NCCCOC1CCNCC1. The van der Waals surface area contributed by atoms with Crippen molar-refractivity contribution in [2.24, 2.45) is 0 Å². The van der Waals surface area contributed by atoms with Crippen LogP contribution in [0.3, 0.4) is 0 Å². The number of carbonyl (C=O) groups is 1. The van der Waals surface area contributed by atoms with Crippen LogP contribution in [0.25, 0.3) is 0 Å². The van der Waals surface area contributed by atoms with E-state index in [0.29, 0.717) is 19.1 Å². The lowest BCUT2D eigenvalue weighted by atomic mass is 10.1. The molecule has 2 N–H and O–H groups in total. The Kier molecular flexibility index (Phi) is 7.67. The summed E-state index contributed by atoms with van der Waals surface area (Å²) in [7, 11) is 0. The minimum atomic E-state index is 0.103. The molecule has 0 unspecified atom stereocenters. The van der Waals surface area contributed by atoms with Crippen LogP contribution in [0, 0.1) is 0 Å². The van der Waals surface area contributed by atoms with Crippen molar-refractivity contribution in [3.63, 3.8) is 0 Å². The average Bonchev–Trinajstić information content (AvgIpc) is 2.37. The van der Waals surface area contributed by atoms with Gasteiger partial charge in [0.15, 0.2) is 0 Å². The van der Waals surface area contributed by atoms with Crippen molar-refractivity contribution in [1.82, 2.24) is 10.6 Å². The summed E-state index contributed by atoms with van der Waals surface area (Å²) in [6, 6.07) is 0. The van der Waals surface area contributed by atoms with E-state index in [1.165, 1.54) is 0 Å². The maximum Gasteiger partial charge on any atom is 0.220 e. The molecule has 0 aliphatic carbocycles. The third-order valence-electron chi connectivity index (χ3n) is 2.86. The van der Waals surface area contributed by atoms with E-state index in [9.17, 15) is 4.79 Å². The Balaban J connectivity index is 1.89. The number of carbonyl (C=O) groups excluding carboxylic acids is 1. The molecule has 0 aromatic heterocycles. The Hall–Kier alpha value is -0.870. The zero-order chi connectivity index (χ0) is 12.3. The van der Waals surface area contributed by atoms with E-state index in [4.69, 9.17) is 4.74 Å². The van der Waals surface area contributed by atoms with E-state index in [2.05, 4.69) is 17.2 Å². The van der Waals surface area contributed by atoms with Crippen molar-refractivity contribution in [2.75, 3.05) is 26.2 Å². The molecule has 4 heteroatoms. The van der Waals surface area contributed by atoms with E-state index in [1.807, 2.05) is 0 Å². The van der Waals surface area contributed by atoms with Gasteiger partial charge in [0.2, 0.25) is 5.91 Å². The molecule has 0 spiro atoms. The van der Waals surface area contributed by atoms with E-state index in [-0.39, 0.29) is 5.91 Å². The maximum atomic E-state index is 11.3. The first kappa shape index (κ1) is 14.2. The second-order valence-corrected chi connectivity index (χ2v) is 4.35. The standard InChI is InChI=1S/C13H24N2O2/c1-2-3-5-13(16)15-8-4-11-17-12-6-9-14-10-7-12/h2,12,14H,1,3-11H2,(H,15,16). The van der Waals surface area contributed by atoms with E-state index >= 15 is 0 Å². The summed E-state index contributed by atoms with van der Waals surface area (Å²) < 4.78 is 5.74. The predicted octanol–water partition coefficient (Wildman–Crippen LogP) is 1.23. The smallest absolute Gasteiger partial charge is 0.220 e. The Morgan fingerprint density at radius 1 is 1.47 bits per heavy atom. The molecule has 0 bridgehead atoms. The summed E-state index contributed by atoms with van der Waals surface area (Å²) in [6.45, 7) is 7.16. The van der Waals surface area contributed by atoms with Crippen molar-refractivity contribution in [2.45, 2.75) is 38.2 Å². The zero-order valence-corrected chi connectivity index (χ0v) is 10.5. The first-order chi connectivity index (χ1) is 8.33. The third kappa shape index (κ3) is 7.13. The van der Waals surface area contributed by atoms with Gasteiger partial charge < -0.3 is 15.4 Å². The first-order valence-corrected chi connectivity index (χ1v) is 6.53. The van der Waals surface area contributed by atoms with Gasteiger partial charge in [-0.1, -0.05) is 6.08 Å². The highest BCUT2D eigenvalue weighted by Gasteiger charge is 2.12. The highest BCUT2D eigenvalue weighted by molar-refractivity contribution is 5.75. The maximum absolute atomic E-state index is 11.3. The molecular formula is C13H24N2O2. The molecule has 0 aromatic carbocycles. The highest BCUT2D eigenvalue weighted by atomic mass is 16.5. The predicted molar refractivity (Wildman–Crippen MR) is 68.9 cm³/mol.